The van der Waals surface area contributed by atoms with E-state index in [9.17, 15) is 13.2 Å². The summed E-state index contributed by atoms with van der Waals surface area (Å²) in [6, 6.07) is 6.56. The molecule has 0 heterocycles. The molecule has 0 aliphatic rings. The van der Waals surface area contributed by atoms with E-state index < -0.39 is 21.7 Å². The smallest absolute Gasteiger partial charge is 0.309 e. The lowest BCUT2D eigenvalue weighted by atomic mass is 10.2. The zero-order valence-electron chi connectivity index (χ0n) is 16.3. The standard InChI is InChI=1S/C19H30O7S/c1-4-23-9-10-24-11-12-25-13-14-26-19(20)17(3)15-27(21,22)18-7-5-16(2)6-8-18/h5-8,17H,4,9-15H2,1-3H3. The second-order valence-electron chi connectivity index (χ2n) is 6.08. The molecule has 7 nitrogen and oxygen atoms in total. The van der Waals surface area contributed by atoms with E-state index in [-0.39, 0.29) is 23.9 Å². The van der Waals surface area contributed by atoms with Crippen molar-refractivity contribution in [2.45, 2.75) is 25.7 Å². The van der Waals surface area contributed by atoms with Gasteiger partial charge in [-0.25, -0.2) is 8.42 Å². The highest BCUT2D eigenvalue weighted by Gasteiger charge is 2.24. The van der Waals surface area contributed by atoms with E-state index in [2.05, 4.69) is 0 Å². The average molecular weight is 403 g/mol. The number of sulfone groups is 1. The zero-order valence-corrected chi connectivity index (χ0v) is 17.1. The predicted octanol–water partition coefficient (Wildman–Crippen LogP) is 2.02. The van der Waals surface area contributed by atoms with Crippen LogP contribution in [0.4, 0.5) is 0 Å². The number of esters is 1. The lowest BCUT2D eigenvalue weighted by Gasteiger charge is -2.12. The first-order chi connectivity index (χ1) is 12.9. The van der Waals surface area contributed by atoms with Crippen molar-refractivity contribution in [3.63, 3.8) is 0 Å². The van der Waals surface area contributed by atoms with Crippen LogP contribution in [0.2, 0.25) is 0 Å². The Morgan fingerprint density at radius 3 is 2.00 bits per heavy atom. The van der Waals surface area contributed by atoms with Crippen molar-refractivity contribution < 1.29 is 32.2 Å². The van der Waals surface area contributed by atoms with Gasteiger partial charge in [0.05, 0.1) is 49.6 Å². The highest BCUT2D eigenvalue weighted by Crippen LogP contribution is 2.15. The third-order valence-electron chi connectivity index (χ3n) is 3.67. The monoisotopic (exact) mass is 402 g/mol. The Bertz CT molecular complexity index is 641. The first kappa shape index (κ1) is 23.6. The van der Waals surface area contributed by atoms with E-state index in [0.29, 0.717) is 33.0 Å². The quantitative estimate of drug-likeness (QED) is 0.347. The summed E-state index contributed by atoms with van der Waals surface area (Å²) in [7, 11) is -3.53. The summed E-state index contributed by atoms with van der Waals surface area (Å²) >= 11 is 0. The molecule has 0 saturated heterocycles. The minimum absolute atomic E-state index is 0.0761. The lowest BCUT2D eigenvalue weighted by molar-refractivity contribution is -0.148. The fraction of sp³-hybridized carbons (Fsp3) is 0.632. The maximum atomic E-state index is 12.3. The van der Waals surface area contributed by atoms with E-state index in [1.807, 2.05) is 13.8 Å². The number of ether oxygens (including phenoxy) is 4. The highest BCUT2D eigenvalue weighted by molar-refractivity contribution is 7.91. The van der Waals surface area contributed by atoms with Crippen molar-refractivity contribution >= 4 is 15.8 Å². The van der Waals surface area contributed by atoms with Gasteiger partial charge in [0.2, 0.25) is 0 Å². The van der Waals surface area contributed by atoms with Gasteiger partial charge in [0, 0.05) is 6.61 Å². The maximum absolute atomic E-state index is 12.3. The molecular weight excluding hydrogens is 372 g/mol. The van der Waals surface area contributed by atoms with Crippen molar-refractivity contribution in [3.8, 4) is 0 Å². The van der Waals surface area contributed by atoms with Crippen LogP contribution in [0.5, 0.6) is 0 Å². The van der Waals surface area contributed by atoms with Gasteiger partial charge in [-0.05, 0) is 26.0 Å². The molecule has 1 aromatic carbocycles. The summed E-state index contributed by atoms with van der Waals surface area (Å²) in [5.41, 5.74) is 0.973. The van der Waals surface area contributed by atoms with Crippen LogP contribution in [0.1, 0.15) is 19.4 Å². The van der Waals surface area contributed by atoms with E-state index in [0.717, 1.165) is 5.56 Å². The van der Waals surface area contributed by atoms with Crippen molar-refractivity contribution in [1.82, 2.24) is 0 Å². The number of benzene rings is 1. The van der Waals surface area contributed by atoms with Crippen LogP contribution in [0.25, 0.3) is 0 Å². The molecule has 0 spiro atoms. The Morgan fingerprint density at radius 1 is 0.926 bits per heavy atom. The molecule has 1 atom stereocenters. The van der Waals surface area contributed by atoms with Gasteiger partial charge < -0.3 is 18.9 Å². The first-order valence-corrected chi connectivity index (χ1v) is 10.7. The number of rotatable bonds is 14. The van der Waals surface area contributed by atoms with Crippen LogP contribution >= 0.6 is 0 Å². The molecule has 0 fully saturated rings. The van der Waals surface area contributed by atoms with E-state index >= 15 is 0 Å². The SMILES string of the molecule is CCOCCOCCOCCOC(=O)C(C)CS(=O)(=O)c1ccc(C)cc1. The van der Waals surface area contributed by atoms with Crippen molar-refractivity contribution in [2.75, 3.05) is 52.0 Å². The molecule has 154 valence electrons. The summed E-state index contributed by atoms with van der Waals surface area (Å²) in [5.74, 6) is -1.59. The normalized spacial score (nSPS) is 12.7. The Morgan fingerprint density at radius 2 is 1.44 bits per heavy atom. The van der Waals surface area contributed by atoms with Gasteiger partial charge in [-0.2, -0.15) is 0 Å². The number of hydrogen-bond donors (Lipinski definition) is 0. The Labute approximate surface area is 161 Å². The molecule has 0 bridgehead atoms. The van der Waals surface area contributed by atoms with Gasteiger partial charge in [-0.3, -0.25) is 4.79 Å². The summed E-state index contributed by atoms with van der Waals surface area (Å²) in [6.45, 7) is 8.21. The van der Waals surface area contributed by atoms with Gasteiger partial charge in [-0.1, -0.05) is 24.6 Å². The Kier molecular flexibility index (Phi) is 11.2. The largest absolute Gasteiger partial charge is 0.463 e. The maximum Gasteiger partial charge on any atom is 0.309 e. The van der Waals surface area contributed by atoms with Gasteiger partial charge in [-0.15, -0.1) is 0 Å². The van der Waals surface area contributed by atoms with Crippen LogP contribution in [0.3, 0.4) is 0 Å². The van der Waals surface area contributed by atoms with Crippen molar-refractivity contribution in [1.29, 1.82) is 0 Å². The van der Waals surface area contributed by atoms with E-state index in [4.69, 9.17) is 18.9 Å². The van der Waals surface area contributed by atoms with Crippen LogP contribution < -0.4 is 0 Å². The van der Waals surface area contributed by atoms with Gasteiger partial charge in [0.1, 0.15) is 6.61 Å². The van der Waals surface area contributed by atoms with Gasteiger partial charge >= 0.3 is 5.97 Å². The highest BCUT2D eigenvalue weighted by atomic mass is 32.2. The Balaban J connectivity index is 2.20. The molecule has 0 aliphatic heterocycles. The van der Waals surface area contributed by atoms with E-state index in [1.165, 1.54) is 0 Å². The number of aryl methyl sites for hydroxylation is 1. The molecule has 1 aromatic rings. The van der Waals surface area contributed by atoms with Crippen LogP contribution in [0.15, 0.2) is 29.2 Å². The zero-order chi connectivity index (χ0) is 20.1. The van der Waals surface area contributed by atoms with E-state index in [1.54, 1.807) is 31.2 Å². The lowest BCUT2D eigenvalue weighted by Crippen LogP contribution is -2.25. The molecule has 0 amide bonds. The van der Waals surface area contributed by atoms with Crippen LogP contribution in [-0.4, -0.2) is 66.4 Å². The summed E-state index contributed by atoms with van der Waals surface area (Å²) in [4.78, 5) is 12.2. The fourth-order valence-corrected chi connectivity index (χ4v) is 3.70. The summed E-state index contributed by atoms with van der Waals surface area (Å²) < 4.78 is 45.5. The topological polar surface area (TPSA) is 88.1 Å². The molecule has 1 unspecified atom stereocenters. The molecule has 8 heteroatoms. The van der Waals surface area contributed by atoms with Crippen LogP contribution in [-0.2, 0) is 33.6 Å². The average Bonchev–Trinajstić information content (AvgIpc) is 2.63. The van der Waals surface area contributed by atoms with Gasteiger partial charge in [0.25, 0.3) is 0 Å². The van der Waals surface area contributed by atoms with Crippen molar-refractivity contribution in [2.24, 2.45) is 5.92 Å². The number of hydrogen-bond acceptors (Lipinski definition) is 7. The summed E-state index contributed by atoms with van der Waals surface area (Å²) in [5, 5.41) is 0. The second-order valence-corrected chi connectivity index (χ2v) is 8.12. The number of carbonyl (C=O) groups excluding carboxylic acids is 1. The minimum atomic E-state index is -3.53. The molecule has 1 rings (SSSR count). The minimum Gasteiger partial charge on any atom is -0.463 e. The second kappa shape index (κ2) is 12.8. The molecule has 27 heavy (non-hydrogen) atoms. The molecule has 0 aromatic heterocycles. The third kappa shape index (κ3) is 9.86. The third-order valence-corrected chi connectivity index (χ3v) is 5.60. The molecular formula is C19H30O7S. The molecule has 0 saturated carbocycles. The first-order valence-electron chi connectivity index (χ1n) is 9.06. The Hall–Kier alpha value is -1.48. The summed E-state index contributed by atoms with van der Waals surface area (Å²) in [6.07, 6.45) is 0. The molecule has 0 N–H and O–H groups in total. The predicted molar refractivity (Wildman–Crippen MR) is 101 cm³/mol. The number of carbonyl (C=O) groups is 1. The fourth-order valence-electron chi connectivity index (χ4n) is 2.17. The molecule has 0 aliphatic carbocycles. The van der Waals surface area contributed by atoms with Gasteiger partial charge in [0.15, 0.2) is 9.84 Å². The molecule has 0 radical (unpaired) electrons. The van der Waals surface area contributed by atoms with Crippen LogP contribution in [0, 0.1) is 12.8 Å². The van der Waals surface area contributed by atoms with Crippen molar-refractivity contribution in [3.05, 3.63) is 29.8 Å².